The molecule has 0 fully saturated rings. The number of nitrogens with one attached hydrogen (secondary N) is 1. The Bertz CT molecular complexity index is 513. The lowest BCUT2D eigenvalue weighted by atomic mass is 9.94. The second-order valence-electron chi connectivity index (χ2n) is 4.12. The largest absolute Gasteiger partial charge is 0.317 e. The maximum absolute atomic E-state index is 13.7. The Labute approximate surface area is 94.6 Å². The Hall–Kier alpha value is -0.940. The van der Waals surface area contributed by atoms with Gasteiger partial charge < -0.3 is 5.32 Å². The Morgan fingerprint density at radius 1 is 1.50 bits per heavy atom. The molecule has 1 aromatic rings. The fraction of sp³-hybridized carbons (Fsp3) is 0.455. The summed E-state index contributed by atoms with van der Waals surface area (Å²) in [6.45, 7) is 1.86. The van der Waals surface area contributed by atoms with Gasteiger partial charge in [0.15, 0.2) is 9.84 Å². The molecule has 88 valence electrons. The molecule has 1 aliphatic heterocycles. The fourth-order valence-corrected chi connectivity index (χ4v) is 4.13. The van der Waals surface area contributed by atoms with E-state index in [1.165, 1.54) is 18.2 Å². The first-order valence-electron chi connectivity index (χ1n) is 5.16. The van der Waals surface area contributed by atoms with Crippen LogP contribution in [0, 0.1) is 5.82 Å². The molecule has 1 heterocycles. The van der Waals surface area contributed by atoms with Crippen LogP contribution in [0.2, 0.25) is 0 Å². The van der Waals surface area contributed by atoms with E-state index >= 15 is 0 Å². The predicted octanol–water partition coefficient (Wildman–Crippen LogP) is 1.30. The monoisotopic (exact) mass is 243 g/mol. The third-order valence-electron chi connectivity index (χ3n) is 3.18. The van der Waals surface area contributed by atoms with E-state index < -0.39 is 15.7 Å². The van der Waals surface area contributed by atoms with Crippen molar-refractivity contribution in [3.05, 3.63) is 29.6 Å². The van der Waals surface area contributed by atoms with Crippen molar-refractivity contribution in [2.75, 3.05) is 12.8 Å². The van der Waals surface area contributed by atoms with Crippen LogP contribution in [-0.4, -0.2) is 27.3 Å². The lowest BCUT2D eigenvalue weighted by Gasteiger charge is -2.18. The van der Waals surface area contributed by atoms with Crippen LogP contribution >= 0.6 is 0 Å². The summed E-state index contributed by atoms with van der Waals surface area (Å²) in [5.74, 6) is -0.734. The van der Waals surface area contributed by atoms with Gasteiger partial charge in [-0.1, -0.05) is 6.07 Å². The van der Waals surface area contributed by atoms with E-state index in [1.807, 2.05) is 6.92 Å². The first kappa shape index (κ1) is 11.5. The zero-order valence-corrected chi connectivity index (χ0v) is 10.0. The molecule has 2 unspecified atom stereocenters. The van der Waals surface area contributed by atoms with E-state index in [9.17, 15) is 12.8 Å². The van der Waals surface area contributed by atoms with Gasteiger partial charge in [-0.3, -0.25) is 0 Å². The minimum Gasteiger partial charge on any atom is -0.317 e. The first-order chi connectivity index (χ1) is 7.47. The van der Waals surface area contributed by atoms with Crippen LogP contribution in [0.4, 0.5) is 4.39 Å². The van der Waals surface area contributed by atoms with Crippen LogP contribution in [0.5, 0.6) is 0 Å². The molecule has 0 saturated carbocycles. The molecule has 0 aromatic heterocycles. The number of benzene rings is 1. The van der Waals surface area contributed by atoms with Gasteiger partial charge in [0.05, 0.1) is 10.6 Å². The summed E-state index contributed by atoms with van der Waals surface area (Å²) in [5.41, 5.74) is 0.337. The Balaban J connectivity index is 2.61. The van der Waals surface area contributed by atoms with Crippen molar-refractivity contribution < 1.29 is 12.8 Å². The third kappa shape index (κ3) is 1.64. The van der Waals surface area contributed by atoms with Gasteiger partial charge in [-0.2, -0.15) is 0 Å². The number of fused-ring (bicyclic) bond motifs is 1. The van der Waals surface area contributed by atoms with Gasteiger partial charge in [-0.05, 0) is 26.1 Å². The quantitative estimate of drug-likeness (QED) is 0.851. The molecule has 16 heavy (non-hydrogen) atoms. The van der Waals surface area contributed by atoms with E-state index in [0.717, 1.165) is 0 Å². The number of likely N-dealkylation sites (N-methyl/N-ethyl adjacent to an activating group) is 1. The summed E-state index contributed by atoms with van der Waals surface area (Å²) in [7, 11) is -1.57. The van der Waals surface area contributed by atoms with Gasteiger partial charge >= 0.3 is 0 Å². The Morgan fingerprint density at radius 3 is 2.81 bits per heavy atom. The molecule has 2 rings (SSSR count). The van der Waals surface area contributed by atoms with E-state index in [2.05, 4.69) is 5.32 Å². The second kappa shape index (κ2) is 3.82. The molecule has 1 aliphatic rings. The summed E-state index contributed by atoms with van der Waals surface area (Å²) in [4.78, 5) is 0.152. The maximum atomic E-state index is 13.7. The minimum absolute atomic E-state index is 0.00866. The highest BCUT2D eigenvalue weighted by atomic mass is 32.2. The molecule has 5 heteroatoms. The van der Waals surface area contributed by atoms with Crippen molar-refractivity contribution in [1.82, 2.24) is 5.32 Å². The van der Waals surface area contributed by atoms with Gasteiger partial charge in [-0.25, -0.2) is 12.8 Å². The highest BCUT2D eigenvalue weighted by Gasteiger charge is 2.39. The average Bonchev–Trinajstić information content (AvgIpc) is 2.52. The number of hydrogen-bond donors (Lipinski definition) is 1. The molecule has 0 bridgehead atoms. The standard InChI is InChI=1S/C11H14FNO2S/c1-7(13-2)8-6-16(14,15)10-5-3-4-9(12)11(8)10/h3-5,7-8,13H,6H2,1-2H3. The van der Waals surface area contributed by atoms with Crippen molar-refractivity contribution in [2.24, 2.45) is 0 Å². The highest BCUT2D eigenvalue weighted by molar-refractivity contribution is 7.91. The van der Waals surface area contributed by atoms with Gasteiger partial charge in [0, 0.05) is 17.5 Å². The van der Waals surface area contributed by atoms with E-state index in [4.69, 9.17) is 0 Å². The molecule has 0 spiro atoms. The second-order valence-corrected chi connectivity index (χ2v) is 6.12. The zero-order valence-electron chi connectivity index (χ0n) is 9.20. The molecular weight excluding hydrogens is 229 g/mol. The van der Waals surface area contributed by atoms with Crippen LogP contribution in [-0.2, 0) is 9.84 Å². The van der Waals surface area contributed by atoms with Gasteiger partial charge in [0.1, 0.15) is 5.82 Å². The summed E-state index contributed by atoms with van der Waals surface area (Å²) in [6, 6.07) is 4.18. The molecule has 1 N–H and O–H groups in total. The summed E-state index contributed by atoms with van der Waals surface area (Å²) >= 11 is 0. The van der Waals surface area contributed by atoms with Crippen LogP contribution in [0.1, 0.15) is 18.4 Å². The topological polar surface area (TPSA) is 46.2 Å². The molecule has 0 radical (unpaired) electrons. The lowest BCUT2D eigenvalue weighted by molar-refractivity contribution is 0.500. The highest BCUT2D eigenvalue weighted by Crippen LogP contribution is 2.38. The third-order valence-corrected chi connectivity index (χ3v) is 5.00. The number of rotatable bonds is 2. The molecule has 0 amide bonds. The predicted molar refractivity (Wildman–Crippen MR) is 59.7 cm³/mol. The molecular formula is C11H14FNO2S. The molecule has 3 nitrogen and oxygen atoms in total. The lowest BCUT2D eigenvalue weighted by Crippen LogP contribution is -2.30. The maximum Gasteiger partial charge on any atom is 0.179 e. The normalized spacial score (nSPS) is 24.1. The zero-order chi connectivity index (χ0) is 11.9. The molecule has 2 atom stereocenters. The van der Waals surface area contributed by atoms with Crippen LogP contribution in [0.25, 0.3) is 0 Å². The number of halogens is 1. The fourth-order valence-electron chi connectivity index (χ4n) is 2.15. The summed E-state index contributed by atoms with van der Waals surface area (Å²) < 4.78 is 37.4. The molecule has 1 aromatic carbocycles. The van der Waals surface area contributed by atoms with Gasteiger partial charge in [-0.15, -0.1) is 0 Å². The van der Waals surface area contributed by atoms with Crippen molar-refractivity contribution in [3.8, 4) is 0 Å². The molecule has 0 saturated heterocycles. The smallest absolute Gasteiger partial charge is 0.179 e. The molecule has 0 aliphatic carbocycles. The van der Waals surface area contributed by atoms with Crippen molar-refractivity contribution >= 4 is 9.84 Å². The van der Waals surface area contributed by atoms with E-state index in [-0.39, 0.29) is 22.6 Å². The summed E-state index contributed by atoms with van der Waals surface area (Å²) in [6.07, 6.45) is 0. The number of hydrogen-bond acceptors (Lipinski definition) is 3. The van der Waals surface area contributed by atoms with Gasteiger partial charge in [0.25, 0.3) is 0 Å². The first-order valence-corrected chi connectivity index (χ1v) is 6.81. The Kier molecular flexibility index (Phi) is 2.75. The Morgan fingerprint density at radius 2 is 2.19 bits per heavy atom. The SMILES string of the molecule is CNC(C)C1CS(=O)(=O)c2cccc(F)c21. The summed E-state index contributed by atoms with van der Waals surface area (Å²) in [5, 5.41) is 2.98. The van der Waals surface area contributed by atoms with Gasteiger partial charge in [0.2, 0.25) is 0 Å². The van der Waals surface area contributed by atoms with Crippen LogP contribution in [0.15, 0.2) is 23.1 Å². The van der Waals surface area contributed by atoms with Crippen LogP contribution < -0.4 is 5.32 Å². The number of sulfone groups is 1. The van der Waals surface area contributed by atoms with Crippen LogP contribution in [0.3, 0.4) is 0 Å². The van der Waals surface area contributed by atoms with Crippen molar-refractivity contribution in [2.45, 2.75) is 23.8 Å². The van der Waals surface area contributed by atoms with Crippen molar-refractivity contribution in [3.63, 3.8) is 0 Å². The average molecular weight is 243 g/mol. The van der Waals surface area contributed by atoms with E-state index in [1.54, 1.807) is 7.05 Å². The van der Waals surface area contributed by atoms with Crippen molar-refractivity contribution in [1.29, 1.82) is 0 Å². The minimum atomic E-state index is -3.31. The van der Waals surface area contributed by atoms with E-state index in [0.29, 0.717) is 5.56 Å².